The molecule has 76 valence electrons. The van der Waals surface area contributed by atoms with E-state index in [2.05, 4.69) is 22.5 Å². The summed E-state index contributed by atoms with van der Waals surface area (Å²) >= 11 is 3.20. The molecule has 0 fully saturated rings. The van der Waals surface area contributed by atoms with Gasteiger partial charge in [0.15, 0.2) is 0 Å². The predicted molar refractivity (Wildman–Crippen MR) is 60.5 cm³/mol. The standard InChI is InChI=1S/C11H13BrFN/c1-7(2)5-11(14)9-4-3-8(12)6-10(9)13/h3-4,6,11H,1,5,14H2,2H3/t11-/m0/s1. The van der Waals surface area contributed by atoms with Crippen LogP contribution in [-0.2, 0) is 0 Å². The van der Waals surface area contributed by atoms with Crippen LogP contribution in [0.1, 0.15) is 24.9 Å². The molecule has 0 amide bonds. The molecular formula is C11H13BrFN. The number of rotatable bonds is 3. The Labute approximate surface area is 91.9 Å². The summed E-state index contributed by atoms with van der Waals surface area (Å²) in [6.45, 7) is 5.64. The average molecular weight is 258 g/mol. The molecule has 0 saturated heterocycles. The van der Waals surface area contributed by atoms with E-state index in [4.69, 9.17) is 5.73 Å². The first-order valence-electron chi connectivity index (χ1n) is 4.35. The monoisotopic (exact) mass is 257 g/mol. The van der Waals surface area contributed by atoms with Crippen LogP contribution in [-0.4, -0.2) is 0 Å². The second kappa shape index (κ2) is 4.71. The molecule has 0 aliphatic rings. The van der Waals surface area contributed by atoms with Crippen molar-refractivity contribution in [2.45, 2.75) is 19.4 Å². The van der Waals surface area contributed by atoms with E-state index < -0.39 is 0 Å². The van der Waals surface area contributed by atoms with Crippen LogP contribution in [0.5, 0.6) is 0 Å². The van der Waals surface area contributed by atoms with Gasteiger partial charge in [-0.15, -0.1) is 6.58 Å². The largest absolute Gasteiger partial charge is 0.324 e. The summed E-state index contributed by atoms with van der Waals surface area (Å²) in [6, 6.07) is 4.61. The van der Waals surface area contributed by atoms with E-state index in [1.165, 1.54) is 6.07 Å². The summed E-state index contributed by atoms with van der Waals surface area (Å²) in [5.41, 5.74) is 7.33. The molecule has 1 nitrogen and oxygen atoms in total. The summed E-state index contributed by atoms with van der Waals surface area (Å²) in [5.74, 6) is -0.270. The van der Waals surface area contributed by atoms with Gasteiger partial charge in [0.05, 0.1) is 0 Å². The molecular weight excluding hydrogens is 245 g/mol. The minimum atomic E-state index is -0.305. The van der Waals surface area contributed by atoms with Crippen LogP contribution in [0.15, 0.2) is 34.8 Å². The molecule has 1 aromatic rings. The van der Waals surface area contributed by atoms with Gasteiger partial charge in [-0.05, 0) is 25.5 Å². The minimum absolute atomic E-state index is 0.270. The van der Waals surface area contributed by atoms with Gasteiger partial charge < -0.3 is 5.73 Å². The zero-order chi connectivity index (χ0) is 10.7. The average Bonchev–Trinajstić information content (AvgIpc) is 2.01. The first-order chi connectivity index (χ1) is 6.50. The summed E-state index contributed by atoms with van der Waals surface area (Å²) < 4.78 is 14.1. The van der Waals surface area contributed by atoms with Gasteiger partial charge in [-0.1, -0.05) is 27.6 Å². The highest BCUT2D eigenvalue weighted by atomic mass is 79.9. The van der Waals surface area contributed by atoms with Crippen molar-refractivity contribution in [3.8, 4) is 0 Å². The van der Waals surface area contributed by atoms with Gasteiger partial charge in [-0.25, -0.2) is 4.39 Å². The Balaban J connectivity index is 2.90. The van der Waals surface area contributed by atoms with Crippen molar-refractivity contribution in [3.63, 3.8) is 0 Å². The smallest absolute Gasteiger partial charge is 0.129 e. The fraction of sp³-hybridized carbons (Fsp3) is 0.273. The Morgan fingerprint density at radius 2 is 2.29 bits per heavy atom. The zero-order valence-electron chi connectivity index (χ0n) is 8.06. The Morgan fingerprint density at radius 3 is 2.79 bits per heavy atom. The lowest BCUT2D eigenvalue weighted by Crippen LogP contribution is -2.12. The second-order valence-corrected chi connectivity index (χ2v) is 4.35. The first-order valence-corrected chi connectivity index (χ1v) is 5.15. The molecule has 0 aromatic heterocycles. The van der Waals surface area contributed by atoms with Crippen molar-refractivity contribution in [3.05, 3.63) is 46.2 Å². The molecule has 0 unspecified atom stereocenters. The third-order valence-corrected chi connectivity index (χ3v) is 2.42. The minimum Gasteiger partial charge on any atom is -0.324 e. The molecule has 2 N–H and O–H groups in total. The van der Waals surface area contributed by atoms with Crippen LogP contribution in [0.3, 0.4) is 0 Å². The topological polar surface area (TPSA) is 26.0 Å². The van der Waals surface area contributed by atoms with E-state index in [9.17, 15) is 4.39 Å². The third kappa shape index (κ3) is 2.93. The molecule has 0 radical (unpaired) electrons. The van der Waals surface area contributed by atoms with Crippen molar-refractivity contribution in [1.29, 1.82) is 0 Å². The lowest BCUT2D eigenvalue weighted by atomic mass is 10.0. The van der Waals surface area contributed by atoms with Crippen LogP contribution >= 0.6 is 15.9 Å². The van der Waals surface area contributed by atoms with Crippen LogP contribution in [0, 0.1) is 5.82 Å². The van der Waals surface area contributed by atoms with Crippen molar-refractivity contribution in [1.82, 2.24) is 0 Å². The van der Waals surface area contributed by atoms with Gasteiger partial charge >= 0.3 is 0 Å². The summed E-state index contributed by atoms with van der Waals surface area (Å²) in [5, 5.41) is 0. The van der Waals surface area contributed by atoms with Crippen LogP contribution in [0.2, 0.25) is 0 Å². The molecule has 14 heavy (non-hydrogen) atoms. The van der Waals surface area contributed by atoms with Gasteiger partial charge in [0.2, 0.25) is 0 Å². The molecule has 0 aliphatic carbocycles. The van der Waals surface area contributed by atoms with Gasteiger partial charge in [0, 0.05) is 16.1 Å². The van der Waals surface area contributed by atoms with Crippen LogP contribution in [0.25, 0.3) is 0 Å². The molecule has 0 spiro atoms. The SMILES string of the molecule is C=C(C)C[C@H](N)c1ccc(Br)cc1F. The Hall–Kier alpha value is -0.670. The van der Waals surface area contributed by atoms with Crippen molar-refractivity contribution in [2.24, 2.45) is 5.73 Å². The highest BCUT2D eigenvalue weighted by Crippen LogP contribution is 2.23. The molecule has 3 heteroatoms. The predicted octanol–water partition coefficient (Wildman–Crippen LogP) is 3.55. The van der Waals surface area contributed by atoms with Gasteiger partial charge in [-0.3, -0.25) is 0 Å². The van der Waals surface area contributed by atoms with E-state index in [1.807, 2.05) is 6.92 Å². The van der Waals surface area contributed by atoms with Gasteiger partial charge in [0.1, 0.15) is 5.82 Å². The summed E-state index contributed by atoms with van der Waals surface area (Å²) in [4.78, 5) is 0. The maximum atomic E-state index is 13.4. The van der Waals surface area contributed by atoms with Gasteiger partial charge in [0.25, 0.3) is 0 Å². The molecule has 0 aliphatic heterocycles. The van der Waals surface area contributed by atoms with Crippen molar-refractivity contribution >= 4 is 15.9 Å². The summed E-state index contributed by atoms with van der Waals surface area (Å²) in [7, 11) is 0. The number of nitrogens with two attached hydrogens (primary N) is 1. The van der Waals surface area contributed by atoms with E-state index in [1.54, 1.807) is 12.1 Å². The van der Waals surface area contributed by atoms with Gasteiger partial charge in [-0.2, -0.15) is 0 Å². The van der Waals surface area contributed by atoms with E-state index in [-0.39, 0.29) is 11.9 Å². The van der Waals surface area contributed by atoms with Crippen molar-refractivity contribution in [2.75, 3.05) is 0 Å². The lowest BCUT2D eigenvalue weighted by Gasteiger charge is -2.12. The zero-order valence-corrected chi connectivity index (χ0v) is 9.64. The third-order valence-electron chi connectivity index (χ3n) is 1.93. The normalized spacial score (nSPS) is 12.6. The maximum Gasteiger partial charge on any atom is 0.129 e. The molecule has 1 rings (SSSR count). The van der Waals surface area contributed by atoms with Crippen LogP contribution in [0.4, 0.5) is 4.39 Å². The van der Waals surface area contributed by atoms with Crippen LogP contribution < -0.4 is 5.73 Å². The number of benzene rings is 1. The quantitative estimate of drug-likeness (QED) is 0.824. The van der Waals surface area contributed by atoms with E-state index in [0.717, 1.165) is 10.0 Å². The number of halogens is 2. The highest BCUT2D eigenvalue weighted by molar-refractivity contribution is 9.10. The second-order valence-electron chi connectivity index (χ2n) is 3.43. The highest BCUT2D eigenvalue weighted by Gasteiger charge is 2.11. The molecule has 1 atom stereocenters. The Kier molecular flexibility index (Phi) is 3.84. The fourth-order valence-electron chi connectivity index (χ4n) is 1.29. The van der Waals surface area contributed by atoms with E-state index >= 15 is 0 Å². The Morgan fingerprint density at radius 1 is 1.64 bits per heavy atom. The maximum absolute atomic E-state index is 13.4. The number of hydrogen-bond acceptors (Lipinski definition) is 1. The van der Waals surface area contributed by atoms with E-state index in [0.29, 0.717) is 12.0 Å². The number of hydrogen-bond donors (Lipinski definition) is 1. The summed E-state index contributed by atoms with van der Waals surface area (Å²) in [6.07, 6.45) is 0.610. The molecule has 0 bridgehead atoms. The lowest BCUT2D eigenvalue weighted by molar-refractivity contribution is 0.579. The van der Waals surface area contributed by atoms with Crippen molar-refractivity contribution < 1.29 is 4.39 Å². The first kappa shape index (κ1) is 11.4. The molecule has 1 aromatic carbocycles. The molecule has 0 heterocycles. The Bertz CT molecular complexity index is 349. The molecule has 0 saturated carbocycles. The fourth-order valence-corrected chi connectivity index (χ4v) is 1.62.